The van der Waals surface area contributed by atoms with Crippen molar-refractivity contribution in [2.75, 3.05) is 30.4 Å². The molecule has 3 heterocycles. The second kappa shape index (κ2) is 7.63. The van der Waals surface area contributed by atoms with Crippen molar-refractivity contribution in [3.05, 3.63) is 5.82 Å². The molecule has 0 spiro atoms. The number of sulfone groups is 1. The first kappa shape index (κ1) is 18.7. The van der Waals surface area contributed by atoms with E-state index in [2.05, 4.69) is 10.2 Å². The van der Waals surface area contributed by atoms with Crippen molar-refractivity contribution < 1.29 is 17.9 Å². The van der Waals surface area contributed by atoms with Gasteiger partial charge in [0.25, 0.3) is 0 Å². The number of nitrogens with zero attached hydrogens (tertiary/aromatic N) is 4. The third kappa shape index (κ3) is 4.53. The van der Waals surface area contributed by atoms with Crippen molar-refractivity contribution in [3.63, 3.8) is 0 Å². The van der Waals surface area contributed by atoms with Crippen molar-refractivity contribution in [2.24, 2.45) is 7.05 Å². The topological polar surface area (TPSA) is 94.4 Å². The van der Waals surface area contributed by atoms with E-state index in [9.17, 15) is 13.2 Å². The summed E-state index contributed by atoms with van der Waals surface area (Å²) in [6, 6.07) is -0.247. The van der Waals surface area contributed by atoms with Crippen LogP contribution in [-0.2, 0) is 26.4 Å². The van der Waals surface area contributed by atoms with Gasteiger partial charge in [-0.25, -0.2) is 8.42 Å². The predicted octanol–water partition coefficient (Wildman–Crippen LogP) is 0.410. The first-order chi connectivity index (χ1) is 11.9. The highest BCUT2D eigenvalue weighted by Gasteiger charge is 2.36. The minimum atomic E-state index is -3.05. The third-order valence-corrected chi connectivity index (χ3v) is 7.53. The first-order valence-corrected chi connectivity index (χ1v) is 11.3. The molecular weight excluding hydrogens is 364 g/mol. The van der Waals surface area contributed by atoms with Crippen molar-refractivity contribution in [3.8, 4) is 0 Å². The van der Waals surface area contributed by atoms with Crippen LogP contribution < -0.4 is 0 Å². The Labute approximate surface area is 152 Å². The maximum atomic E-state index is 12.8. The molecule has 0 N–H and O–H groups in total. The van der Waals surface area contributed by atoms with Crippen LogP contribution in [0.2, 0.25) is 0 Å². The summed E-state index contributed by atoms with van der Waals surface area (Å²) in [5, 5.41) is 8.72. The Morgan fingerprint density at radius 3 is 2.76 bits per heavy atom. The van der Waals surface area contributed by atoms with Crippen LogP contribution in [-0.4, -0.2) is 76.5 Å². The van der Waals surface area contributed by atoms with Crippen LogP contribution in [0.1, 0.15) is 25.1 Å². The SMILES string of the molecule is Cc1nnc(SCC(=O)N(CC2CCCO2)C2CCS(=O)(=O)C2)n1C. The van der Waals surface area contributed by atoms with Crippen LogP contribution in [0.3, 0.4) is 0 Å². The van der Waals surface area contributed by atoms with E-state index in [4.69, 9.17) is 4.74 Å². The zero-order valence-corrected chi connectivity index (χ0v) is 16.2. The lowest BCUT2D eigenvalue weighted by atomic mass is 10.1. The maximum Gasteiger partial charge on any atom is 0.233 e. The molecule has 25 heavy (non-hydrogen) atoms. The summed E-state index contributed by atoms with van der Waals surface area (Å²) in [6.07, 6.45) is 2.42. The smallest absolute Gasteiger partial charge is 0.233 e. The second-order valence-corrected chi connectivity index (χ2v) is 9.79. The van der Waals surface area contributed by atoms with Crippen molar-refractivity contribution in [1.82, 2.24) is 19.7 Å². The molecule has 0 bridgehead atoms. The van der Waals surface area contributed by atoms with Crippen LogP contribution in [0.4, 0.5) is 0 Å². The molecule has 2 fully saturated rings. The van der Waals surface area contributed by atoms with E-state index in [1.165, 1.54) is 11.8 Å². The van der Waals surface area contributed by atoms with Gasteiger partial charge in [0.2, 0.25) is 5.91 Å². The molecule has 0 saturated carbocycles. The van der Waals surface area contributed by atoms with Crippen LogP contribution in [0.15, 0.2) is 5.16 Å². The Bertz CT molecular complexity index is 728. The Kier molecular flexibility index (Phi) is 5.69. The van der Waals surface area contributed by atoms with Gasteiger partial charge in [-0.2, -0.15) is 0 Å². The van der Waals surface area contributed by atoms with Gasteiger partial charge in [0.05, 0.1) is 23.4 Å². The summed E-state index contributed by atoms with van der Waals surface area (Å²) in [5.41, 5.74) is 0. The number of hydrogen-bond donors (Lipinski definition) is 0. The summed E-state index contributed by atoms with van der Waals surface area (Å²) in [7, 11) is -1.19. The van der Waals surface area contributed by atoms with Gasteiger partial charge >= 0.3 is 0 Å². The van der Waals surface area contributed by atoms with Gasteiger partial charge in [0.15, 0.2) is 15.0 Å². The summed E-state index contributed by atoms with van der Waals surface area (Å²) in [6.45, 7) is 3.03. The lowest BCUT2D eigenvalue weighted by molar-refractivity contribution is -0.131. The molecule has 1 aromatic heterocycles. The quantitative estimate of drug-likeness (QED) is 0.652. The van der Waals surface area contributed by atoms with E-state index >= 15 is 0 Å². The second-order valence-electron chi connectivity index (χ2n) is 6.62. The maximum absolute atomic E-state index is 12.8. The number of hydrogen-bond acceptors (Lipinski definition) is 7. The van der Waals surface area contributed by atoms with Gasteiger partial charge in [-0.3, -0.25) is 4.79 Å². The highest BCUT2D eigenvalue weighted by Crippen LogP contribution is 2.23. The molecule has 2 atom stereocenters. The van der Waals surface area contributed by atoms with Crippen LogP contribution in [0.5, 0.6) is 0 Å². The average Bonchev–Trinajstić information content (AvgIpc) is 3.26. The molecule has 1 aromatic rings. The van der Waals surface area contributed by atoms with Crippen molar-refractivity contribution in [2.45, 2.75) is 43.5 Å². The molecule has 10 heteroatoms. The molecule has 3 rings (SSSR count). The lowest BCUT2D eigenvalue weighted by Gasteiger charge is -2.30. The van der Waals surface area contributed by atoms with Gasteiger partial charge in [0.1, 0.15) is 5.82 Å². The molecule has 140 valence electrons. The van der Waals surface area contributed by atoms with Gasteiger partial charge in [-0.15, -0.1) is 10.2 Å². The fourth-order valence-corrected chi connectivity index (χ4v) is 5.78. The zero-order valence-electron chi connectivity index (χ0n) is 14.5. The number of aromatic nitrogens is 3. The minimum absolute atomic E-state index is 0.00864. The van der Waals surface area contributed by atoms with E-state index in [0.29, 0.717) is 24.7 Å². The molecule has 0 aliphatic carbocycles. The molecule has 2 saturated heterocycles. The molecular formula is C15H24N4O4S2. The van der Waals surface area contributed by atoms with Gasteiger partial charge < -0.3 is 14.2 Å². The van der Waals surface area contributed by atoms with E-state index in [1.54, 1.807) is 4.90 Å². The molecule has 8 nitrogen and oxygen atoms in total. The predicted molar refractivity (Wildman–Crippen MR) is 94.2 cm³/mol. The van der Waals surface area contributed by atoms with E-state index in [1.807, 2.05) is 18.5 Å². The number of amides is 1. The Morgan fingerprint density at radius 2 is 2.20 bits per heavy atom. The Morgan fingerprint density at radius 1 is 1.40 bits per heavy atom. The highest BCUT2D eigenvalue weighted by molar-refractivity contribution is 7.99. The fourth-order valence-electron chi connectivity index (χ4n) is 3.21. The molecule has 2 aliphatic rings. The normalized spacial score (nSPS) is 25.4. The van der Waals surface area contributed by atoms with Crippen LogP contribution in [0, 0.1) is 6.92 Å². The monoisotopic (exact) mass is 388 g/mol. The number of carbonyl (C=O) groups is 1. The average molecular weight is 389 g/mol. The summed E-state index contributed by atoms with van der Waals surface area (Å²) in [4.78, 5) is 14.5. The van der Waals surface area contributed by atoms with Crippen LogP contribution in [0.25, 0.3) is 0 Å². The largest absolute Gasteiger partial charge is 0.376 e. The number of rotatable bonds is 6. The van der Waals surface area contributed by atoms with Crippen molar-refractivity contribution in [1.29, 1.82) is 0 Å². The number of ether oxygens (including phenoxy) is 1. The van der Waals surface area contributed by atoms with Gasteiger partial charge in [-0.1, -0.05) is 11.8 Å². The minimum Gasteiger partial charge on any atom is -0.376 e. The summed E-state index contributed by atoms with van der Waals surface area (Å²) in [5.74, 6) is 1.15. The number of thioether (sulfide) groups is 1. The molecule has 1 amide bonds. The summed E-state index contributed by atoms with van der Waals surface area (Å²) < 4.78 is 31.2. The fraction of sp³-hybridized carbons (Fsp3) is 0.800. The summed E-state index contributed by atoms with van der Waals surface area (Å²) >= 11 is 1.33. The van der Waals surface area contributed by atoms with E-state index in [-0.39, 0.29) is 35.3 Å². The molecule has 2 unspecified atom stereocenters. The Hall–Kier alpha value is -1.13. The standard InChI is InChI=1S/C15H24N4O4S2/c1-11-16-17-15(18(11)2)24-9-14(20)19(8-13-4-3-6-23-13)12-5-7-25(21,22)10-12/h12-13H,3-10H2,1-2H3. The zero-order chi connectivity index (χ0) is 18.0. The molecule has 0 aromatic carbocycles. The number of carbonyl (C=O) groups excluding carboxylic acids is 1. The Balaban J connectivity index is 1.66. The third-order valence-electron chi connectivity index (χ3n) is 4.77. The van der Waals surface area contributed by atoms with Crippen LogP contribution >= 0.6 is 11.8 Å². The van der Waals surface area contributed by atoms with Crippen molar-refractivity contribution >= 4 is 27.5 Å². The highest BCUT2D eigenvalue weighted by atomic mass is 32.2. The first-order valence-electron chi connectivity index (χ1n) is 8.46. The lowest BCUT2D eigenvalue weighted by Crippen LogP contribution is -2.46. The molecule has 0 radical (unpaired) electrons. The van der Waals surface area contributed by atoms with E-state index < -0.39 is 9.84 Å². The van der Waals surface area contributed by atoms with E-state index in [0.717, 1.165) is 18.7 Å². The number of aryl methyl sites for hydroxylation is 1. The van der Waals surface area contributed by atoms with Gasteiger partial charge in [-0.05, 0) is 26.2 Å². The van der Waals surface area contributed by atoms with Gasteiger partial charge in [0, 0.05) is 26.2 Å². The molecule has 2 aliphatic heterocycles.